The highest BCUT2D eigenvalue weighted by Crippen LogP contribution is 2.29. The standard InChI is InChI=1S/C16H16ClFN2O3/c1-9(14-11(17)5-4-6-12(14)18)19-13-8-7-10(16(21)23-3)15(20-13)22-2/h4-9H,1-3H3,(H,19,20). The second-order valence-electron chi connectivity index (χ2n) is 4.75. The lowest BCUT2D eigenvalue weighted by molar-refractivity contribution is 0.0596. The maximum Gasteiger partial charge on any atom is 0.343 e. The van der Waals surface area contributed by atoms with Crippen molar-refractivity contribution >= 4 is 23.4 Å². The number of halogens is 2. The fourth-order valence-electron chi connectivity index (χ4n) is 2.16. The van der Waals surface area contributed by atoms with E-state index in [0.717, 1.165) is 0 Å². The van der Waals surface area contributed by atoms with Crippen LogP contribution < -0.4 is 10.1 Å². The summed E-state index contributed by atoms with van der Waals surface area (Å²) >= 11 is 6.05. The maximum atomic E-state index is 13.9. The van der Waals surface area contributed by atoms with Crippen LogP contribution in [0.15, 0.2) is 30.3 Å². The van der Waals surface area contributed by atoms with Crippen LogP contribution in [0.2, 0.25) is 5.02 Å². The second kappa shape index (κ2) is 7.28. The summed E-state index contributed by atoms with van der Waals surface area (Å²) in [6.07, 6.45) is 0. The molecule has 1 atom stereocenters. The molecular weight excluding hydrogens is 323 g/mol. The van der Waals surface area contributed by atoms with Crippen LogP contribution >= 0.6 is 11.6 Å². The first-order valence-corrected chi connectivity index (χ1v) is 7.19. The van der Waals surface area contributed by atoms with E-state index in [1.165, 1.54) is 26.4 Å². The molecule has 0 saturated heterocycles. The predicted octanol–water partition coefficient (Wildman–Crippen LogP) is 3.84. The van der Waals surface area contributed by atoms with Gasteiger partial charge in [0.05, 0.1) is 20.3 Å². The third-order valence-electron chi connectivity index (χ3n) is 3.26. The third kappa shape index (κ3) is 3.71. The zero-order chi connectivity index (χ0) is 17.0. The third-order valence-corrected chi connectivity index (χ3v) is 3.59. The largest absolute Gasteiger partial charge is 0.480 e. The van der Waals surface area contributed by atoms with Gasteiger partial charge in [0, 0.05) is 10.6 Å². The Bertz CT molecular complexity index is 704. The van der Waals surface area contributed by atoms with E-state index in [-0.39, 0.29) is 11.4 Å². The molecule has 0 aliphatic rings. The van der Waals surface area contributed by atoms with Crippen LogP contribution in [0.4, 0.5) is 10.2 Å². The Morgan fingerprint density at radius 2 is 2.04 bits per heavy atom. The van der Waals surface area contributed by atoms with E-state index in [1.54, 1.807) is 25.1 Å². The highest BCUT2D eigenvalue weighted by atomic mass is 35.5. The van der Waals surface area contributed by atoms with Gasteiger partial charge in [-0.25, -0.2) is 9.18 Å². The van der Waals surface area contributed by atoms with Crippen molar-refractivity contribution < 1.29 is 18.7 Å². The zero-order valence-electron chi connectivity index (χ0n) is 12.9. The van der Waals surface area contributed by atoms with Crippen molar-refractivity contribution in [1.82, 2.24) is 4.98 Å². The van der Waals surface area contributed by atoms with Crippen molar-refractivity contribution in [2.75, 3.05) is 19.5 Å². The van der Waals surface area contributed by atoms with Crippen molar-refractivity contribution in [3.05, 3.63) is 52.3 Å². The number of nitrogens with one attached hydrogen (secondary N) is 1. The van der Waals surface area contributed by atoms with Gasteiger partial charge in [0.15, 0.2) is 0 Å². The fourth-order valence-corrected chi connectivity index (χ4v) is 2.49. The number of carbonyl (C=O) groups is 1. The minimum Gasteiger partial charge on any atom is -0.480 e. The Balaban J connectivity index is 2.28. The number of esters is 1. The van der Waals surface area contributed by atoms with Gasteiger partial charge in [-0.15, -0.1) is 0 Å². The molecule has 0 spiro atoms. The summed E-state index contributed by atoms with van der Waals surface area (Å²) in [7, 11) is 2.67. The van der Waals surface area contributed by atoms with Crippen molar-refractivity contribution in [1.29, 1.82) is 0 Å². The first-order chi connectivity index (χ1) is 11.0. The molecule has 1 aromatic carbocycles. The minimum absolute atomic E-state index is 0.119. The Labute approximate surface area is 138 Å². The van der Waals surface area contributed by atoms with E-state index in [9.17, 15) is 9.18 Å². The molecule has 0 bridgehead atoms. The van der Waals surface area contributed by atoms with Crippen LogP contribution in [0, 0.1) is 5.82 Å². The van der Waals surface area contributed by atoms with E-state index in [0.29, 0.717) is 16.4 Å². The summed E-state index contributed by atoms with van der Waals surface area (Å²) in [6, 6.07) is 7.18. The summed E-state index contributed by atoms with van der Waals surface area (Å²) < 4.78 is 23.7. The molecule has 0 saturated carbocycles. The number of hydrogen-bond acceptors (Lipinski definition) is 5. The van der Waals surface area contributed by atoms with Gasteiger partial charge in [-0.2, -0.15) is 4.98 Å². The van der Waals surface area contributed by atoms with E-state index in [4.69, 9.17) is 16.3 Å². The molecule has 1 N–H and O–H groups in total. The lowest BCUT2D eigenvalue weighted by atomic mass is 10.1. The van der Waals surface area contributed by atoms with Crippen LogP contribution in [-0.2, 0) is 4.74 Å². The van der Waals surface area contributed by atoms with Gasteiger partial charge in [0.25, 0.3) is 0 Å². The SMILES string of the molecule is COC(=O)c1ccc(NC(C)c2c(F)cccc2Cl)nc1OC. The Morgan fingerprint density at radius 1 is 1.30 bits per heavy atom. The first-order valence-electron chi connectivity index (χ1n) is 6.81. The van der Waals surface area contributed by atoms with Crippen molar-refractivity contribution in [3.8, 4) is 5.88 Å². The van der Waals surface area contributed by atoms with Gasteiger partial charge in [0.1, 0.15) is 17.2 Å². The molecule has 0 fully saturated rings. The second-order valence-corrected chi connectivity index (χ2v) is 5.15. The molecule has 0 amide bonds. The van der Waals surface area contributed by atoms with Gasteiger partial charge in [0.2, 0.25) is 5.88 Å². The van der Waals surface area contributed by atoms with Crippen molar-refractivity contribution in [3.63, 3.8) is 0 Å². The molecule has 5 nitrogen and oxygen atoms in total. The lowest BCUT2D eigenvalue weighted by Crippen LogP contribution is -2.12. The van der Waals surface area contributed by atoms with Crippen LogP contribution in [0.25, 0.3) is 0 Å². The number of pyridine rings is 1. The summed E-state index contributed by atoms with van der Waals surface area (Å²) in [4.78, 5) is 15.8. The normalized spacial score (nSPS) is 11.7. The molecule has 122 valence electrons. The van der Waals surface area contributed by atoms with Gasteiger partial charge >= 0.3 is 5.97 Å². The topological polar surface area (TPSA) is 60.5 Å². The van der Waals surface area contributed by atoms with Crippen LogP contribution in [0.3, 0.4) is 0 Å². The average Bonchev–Trinajstić information content (AvgIpc) is 2.53. The summed E-state index contributed by atoms with van der Waals surface area (Å²) in [5.41, 5.74) is 0.545. The van der Waals surface area contributed by atoms with E-state index >= 15 is 0 Å². The molecule has 0 aliphatic carbocycles. The summed E-state index contributed by atoms with van der Waals surface area (Å²) in [5.74, 6) is -0.420. The molecule has 2 rings (SSSR count). The van der Waals surface area contributed by atoms with Crippen LogP contribution in [-0.4, -0.2) is 25.2 Å². The molecule has 0 radical (unpaired) electrons. The molecule has 1 aromatic heterocycles. The molecule has 23 heavy (non-hydrogen) atoms. The summed E-state index contributed by atoms with van der Waals surface area (Å²) in [5, 5.41) is 3.35. The number of rotatable bonds is 5. The number of aromatic nitrogens is 1. The quantitative estimate of drug-likeness (QED) is 0.839. The van der Waals surface area contributed by atoms with Gasteiger partial charge in [-0.05, 0) is 31.2 Å². The molecular formula is C16H16ClFN2O3. The number of nitrogens with zero attached hydrogens (tertiary/aromatic N) is 1. The number of anilines is 1. The van der Waals surface area contributed by atoms with Gasteiger partial charge < -0.3 is 14.8 Å². The molecule has 0 aliphatic heterocycles. The Morgan fingerprint density at radius 3 is 2.65 bits per heavy atom. The summed E-state index contributed by atoms with van der Waals surface area (Å²) in [6.45, 7) is 1.76. The number of hydrogen-bond donors (Lipinski definition) is 1. The zero-order valence-corrected chi connectivity index (χ0v) is 13.6. The van der Waals surface area contributed by atoms with Gasteiger partial charge in [-0.1, -0.05) is 17.7 Å². The monoisotopic (exact) mass is 338 g/mol. The molecule has 7 heteroatoms. The molecule has 1 heterocycles. The fraction of sp³-hybridized carbons (Fsp3) is 0.250. The minimum atomic E-state index is -0.550. The van der Waals surface area contributed by atoms with E-state index in [1.807, 2.05) is 0 Å². The number of ether oxygens (including phenoxy) is 2. The molecule has 1 unspecified atom stereocenters. The van der Waals surface area contributed by atoms with Crippen molar-refractivity contribution in [2.24, 2.45) is 0 Å². The van der Waals surface area contributed by atoms with E-state index < -0.39 is 17.8 Å². The average molecular weight is 339 g/mol. The number of methoxy groups -OCH3 is 2. The maximum absolute atomic E-state index is 13.9. The van der Waals surface area contributed by atoms with E-state index in [2.05, 4.69) is 15.0 Å². The van der Waals surface area contributed by atoms with Crippen LogP contribution in [0.1, 0.15) is 28.9 Å². The van der Waals surface area contributed by atoms with Crippen LogP contribution in [0.5, 0.6) is 5.88 Å². The highest BCUT2D eigenvalue weighted by Gasteiger charge is 2.18. The first kappa shape index (κ1) is 17.0. The Hall–Kier alpha value is -2.34. The van der Waals surface area contributed by atoms with Crippen molar-refractivity contribution in [2.45, 2.75) is 13.0 Å². The number of carbonyl (C=O) groups excluding carboxylic acids is 1. The number of benzene rings is 1. The highest BCUT2D eigenvalue weighted by molar-refractivity contribution is 6.31. The molecule has 2 aromatic rings. The Kier molecular flexibility index (Phi) is 5.39. The predicted molar refractivity (Wildman–Crippen MR) is 85.6 cm³/mol. The lowest BCUT2D eigenvalue weighted by Gasteiger charge is -2.18. The smallest absolute Gasteiger partial charge is 0.343 e. The van der Waals surface area contributed by atoms with Gasteiger partial charge in [-0.3, -0.25) is 0 Å².